The van der Waals surface area contributed by atoms with E-state index < -0.39 is 10.0 Å². The predicted molar refractivity (Wildman–Crippen MR) is 111 cm³/mol. The summed E-state index contributed by atoms with van der Waals surface area (Å²) in [5.41, 5.74) is 1.76. The Morgan fingerprint density at radius 2 is 1.62 bits per heavy atom. The molecular weight excluding hydrogens is 386 g/mol. The van der Waals surface area contributed by atoms with Crippen LogP contribution in [-0.4, -0.2) is 38.0 Å². The summed E-state index contributed by atoms with van der Waals surface area (Å²) in [4.78, 5) is 12.6. The van der Waals surface area contributed by atoms with Crippen LogP contribution < -0.4 is 4.74 Å². The number of benzene rings is 1. The molecule has 4 bridgehead atoms. The zero-order valence-electron chi connectivity index (χ0n) is 17.2. The molecule has 6 rings (SSSR count). The van der Waals surface area contributed by atoms with Gasteiger partial charge in [0.2, 0.25) is 10.0 Å². The Labute approximate surface area is 173 Å². The van der Waals surface area contributed by atoms with Gasteiger partial charge in [-0.05, 0) is 92.2 Å². The number of nitrogens with zero attached hydrogens (tertiary/aromatic N) is 1. The van der Waals surface area contributed by atoms with Crippen LogP contribution in [0.2, 0.25) is 0 Å². The first-order valence-corrected chi connectivity index (χ1v) is 12.9. The second-order valence-corrected chi connectivity index (χ2v) is 12.1. The topological polar surface area (TPSA) is 63.7 Å². The van der Waals surface area contributed by atoms with Crippen LogP contribution in [0.4, 0.5) is 0 Å². The fourth-order valence-electron chi connectivity index (χ4n) is 6.98. The highest BCUT2D eigenvalue weighted by Gasteiger charge is 2.51. The number of hydrogen-bond acceptors (Lipinski definition) is 4. The van der Waals surface area contributed by atoms with Crippen molar-refractivity contribution in [3.63, 3.8) is 0 Å². The van der Waals surface area contributed by atoms with Gasteiger partial charge in [0.15, 0.2) is 0 Å². The number of carbonyl (C=O) groups is 1. The molecule has 29 heavy (non-hydrogen) atoms. The SMILES string of the molecule is CS(=O)(=O)N1CCCC(C(=O)Oc2ccc(C34CC5CC(CC(C5)C3)C4)cc2)C1. The summed E-state index contributed by atoms with van der Waals surface area (Å²) < 4.78 is 30.6. The van der Waals surface area contributed by atoms with E-state index in [1.165, 1.54) is 54.6 Å². The average molecular weight is 418 g/mol. The normalized spacial score (nSPS) is 36.9. The molecule has 1 saturated heterocycles. The van der Waals surface area contributed by atoms with Crippen LogP contribution in [0.3, 0.4) is 0 Å². The van der Waals surface area contributed by atoms with E-state index in [0.29, 0.717) is 30.6 Å². The molecule has 1 atom stereocenters. The molecule has 5 aliphatic rings. The summed E-state index contributed by atoms with van der Waals surface area (Å²) in [6.07, 6.45) is 10.8. The number of ether oxygens (including phenoxy) is 1. The number of sulfonamides is 1. The zero-order valence-corrected chi connectivity index (χ0v) is 18.0. The second-order valence-electron chi connectivity index (χ2n) is 10.1. The minimum Gasteiger partial charge on any atom is -0.426 e. The molecule has 1 heterocycles. The molecule has 158 valence electrons. The number of piperidine rings is 1. The molecule has 0 aromatic heterocycles. The fraction of sp³-hybridized carbons (Fsp3) is 0.696. The summed E-state index contributed by atoms with van der Waals surface area (Å²) in [5, 5.41) is 0. The van der Waals surface area contributed by atoms with Gasteiger partial charge in [0, 0.05) is 13.1 Å². The second kappa shape index (κ2) is 7.09. The van der Waals surface area contributed by atoms with Crippen LogP contribution in [-0.2, 0) is 20.2 Å². The van der Waals surface area contributed by atoms with E-state index in [9.17, 15) is 13.2 Å². The van der Waals surface area contributed by atoms with Gasteiger partial charge in [0.1, 0.15) is 5.75 Å². The van der Waals surface area contributed by atoms with Crippen molar-refractivity contribution in [2.45, 2.75) is 56.8 Å². The third-order valence-corrected chi connectivity index (χ3v) is 9.18. The first-order valence-electron chi connectivity index (χ1n) is 11.1. The van der Waals surface area contributed by atoms with Gasteiger partial charge in [-0.3, -0.25) is 4.79 Å². The maximum absolute atomic E-state index is 12.6. The largest absolute Gasteiger partial charge is 0.426 e. The van der Waals surface area contributed by atoms with Crippen molar-refractivity contribution >= 4 is 16.0 Å². The van der Waals surface area contributed by atoms with E-state index in [1.807, 2.05) is 12.1 Å². The molecule has 0 radical (unpaired) electrons. The molecule has 0 amide bonds. The third-order valence-electron chi connectivity index (χ3n) is 7.91. The van der Waals surface area contributed by atoms with Gasteiger partial charge in [-0.1, -0.05) is 12.1 Å². The van der Waals surface area contributed by atoms with Gasteiger partial charge in [0.25, 0.3) is 0 Å². The summed E-state index contributed by atoms with van der Waals surface area (Å²) in [6, 6.07) is 8.20. The molecule has 0 N–H and O–H groups in total. The predicted octanol–water partition coefficient (Wildman–Crippen LogP) is 3.73. The number of esters is 1. The van der Waals surface area contributed by atoms with Crippen molar-refractivity contribution in [1.82, 2.24) is 4.31 Å². The lowest BCUT2D eigenvalue weighted by atomic mass is 9.48. The molecule has 1 aromatic carbocycles. The molecular formula is C23H31NO4S. The smallest absolute Gasteiger partial charge is 0.315 e. The van der Waals surface area contributed by atoms with Crippen molar-refractivity contribution in [1.29, 1.82) is 0 Å². The van der Waals surface area contributed by atoms with E-state index >= 15 is 0 Å². The molecule has 1 unspecified atom stereocenters. The number of carbonyl (C=O) groups excluding carboxylic acids is 1. The van der Waals surface area contributed by atoms with E-state index in [-0.39, 0.29) is 18.4 Å². The molecule has 5 nitrogen and oxygen atoms in total. The van der Waals surface area contributed by atoms with E-state index in [2.05, 4.69) is 12.1 Å². The van der Waals surface area contributed by atoms with Crippen LogP contribution in [0.25, 0.3) is 0 Å². The first-order chi connectivity index (χ1) is 13.8. The van der Waals surface area contributed by atoms with Crippen molar-refractivity contribution < 1.29 is 17.9 Å². The molecule has 4 saturated carbocycles. The highest BCUT2D eigenvalue weighted by atomic mass is 32.2. The van der Waals surface area contributed by atoms with E-state index in [0.717, 1.165) is 17.8 Å². The fourth-order valence-corrected chi connectivity index (χ4v) is 7.89. The number of hydrogen-bond donors (Lipinski definition) is 0. The third kappa shape index (κ3) is 3.74. The lowest BCUT2D eigenvalue weighted by Crippen LogP contribution is -2.48. The van der Waals surface area contributed by atoms with Crippen molar-refractivity contribution in [2.75, 3.05) is 19.3 Å². The Hall–Kier alpha value is -1.40. The number of rotatable bonds is 4. The summed E-state index contributed by atoms with van der Waals surface area (Å²) in [7, 11) is -3.27. The molecule has 5 fully saturated rings. The molecule has 6 heteroatoms. The van der Waals surface area contributed by atoms with E-state index in [4.69, 9.17) is 4.74 Å². The van der Waals surface area contributed by atoms with Gasteiger partial charge in [0.05, 0.1) is 12.2 Å². The van der Waals surface area contributed by atoms with Gasteiger partial charge in [-0.15, -0.1) is 0 Å². The molecule has 1 aliphatic heterocycles. The Morgan fingerprint density at radius 3 is 2.17 bits per heavy atom. The van der Waals surface area contributed by atoms with Crippen LogP contribution in [0.1, 0.15) is 56.9 Å². The maximum Gasteiger partial charge on any atom is 0.315 e. The Balaban J connectivity index is 1.26. The lowest BCUT2D eigenvalue weighted by Gasteiger charge is -2.57. The average Bonchev–Trinajstić information content (AvgIpc) is 2.67. The first kappa shape index (κ1) is 19.6. The Bertz CT molecular complexity index is 857. The zero-order chi connectivity index (χ0) is 20.2. The van der Waals surface area contributed by atoms with Gasteiger partial charge < -0.3 is 4.74 Å². The van der Waals surface area contributed by atoms with Gasteiger partial charge in [-0.2, -0.15) is 0 Å². The highest BCUT2D eigenvalue weighted by Crippen LogP contribution is 2.60. The molecule has 1 aromatic rings. The van der Waals surface area contributed by atoms with Gasteiger partial charge in [-0.25, -0.2) is 12.7 Å². The minimum atomic E-state index is -3.27. The quantitative estimate of drug-likeness (QED) is 0.553. The standard InChI is InChI=1S/C23H31NO4S/c1-29(26,27)24-8-2-3-19(15-24)22(25)28-21-6-4-20(5-7-21)23-12-16-9-17(13-23)11-18(10-16)14-23/h4-7,16-19H,2-3,8-15H2,1H3. The van der Waals surface area contributed by atoms with Crippen LogP contribution >= 0.6 is 0 Å². The summed E-state index contributed by atoms with van der Waals surface area (Å²) in [5.74, 6) is 2.58. The lowest BCUT2D eigenvalue weighted by molar-refractivity contribution is -0.140. The molecule has 0 spiro atoms. The monoisotopic (exact) mass is 417 g/mol. The van der Waals surface area contributed by atoms with Crippen LogP contribution in [0, 0.1) is 23.7 Å². The van der Waals surface area contributed by atoms with E-state index in [1.54, 1.807) is 0 Å². The minimum absolute atomic E-state index is 0.225. The van der Waals surface area contributed by atoms with Crippen LogP contribution in [0.5, 0.6) is 5.75 Å². The Kier molecular flexibility index (Phi) is 4.78. The van der Waals surface area contributed by atoms with Crippen molar-refractivity contribution in [2.24, 2.45) is 23.7 Å². The Morgan fingerprint density at radius 1 is 1.03 bits per heavy atom. The highest BCUT2D eigenvalue weighted by molar-refractivity contribution is 7.88. The van der Waals surface area contributed by atoms with Crippen molar-refractivity contribution in [3.8, 4) is 5.75 Å². The summed E-state index contributed by atoms with van der Waals surface area (Å²) in [6.45, 7) is 0.714. The van der Waals surface area contributed by atoms with Crippen molar-refractivity contribution in [3.05, 3.63) is 29.8 Å². The van der Waals surface area contributed by atoms with Gasteiger partial charge >= 0.3 is 5.97 Å². The molecule has 4 aliphatic carbocycles. The summed E-state index contributed by atoms with van der Waals surface area (Å²) >= 11 is 0. The van der Waals surface area contributed by atoms with Crippen LogP contribution in [0.15, 0.2) is 24.3 Å². The maximum atomic E-state index is 12.6.